The van der Waals surface area contributed by atoms with Gasteiger partial charge in [-0.3, -0.25) is 0 Å². The summed E-state index contributed by atoms with van der Waals surface area (Å²) in [6, 6.07) is 0. The maximum Gasteiger partial charge on any atom is 0.356 e. The molecule has 1 saturated heterocycles. The van der Waals surface area contributed by atoms with Crippen LogP contribution >= 0.6 is 11.3 Å². The van der Waals surface area contributed by atoms with Crippen molar-refractivity contribution in [1.29, 1.82) is 0 Å². The van der Waals surface area contributed by atoms with Crippen molar-refractivity contribution in [1.82, 2.24) is 9.29 Å². The molecule has 100 valence electrons. The summed E-state index contributed by atoms with van der Waals surface area (Å²) in [5.41, 5.74) is 0.867. The smallest absolute Gasteiger partial charge is 0.356 e. The second kappa shape index (κ2) is 4.60. The third-order valence-electron chi connectivity index (χ3n) is 3.27. The summed E-state index contributed by atoms with van der Waals surface area (Å²) >= 11 is 0.853. The summed E-state index contributed by atoms with van der Waals surface area (Å²) in [5.74, 6) is -0.753. The van der Waals surface area contributed by atoms with Crippen LogP contribution in [-0.2, 0) is 10.0 Å². The van der Waals surface area contributed by atoms with Crippen molar-refractivity contribution in [2.45, 2.75) is 18.1 Å². The van der Waals surface area contributed by atoms with Crippen molar-refractivity contribution in [3.05, 3.63) is 11.2 Å². The van der Waals surface area contributed by atoms with E-state index in [-0.39, 0.29) is 21.7 Å². The van der Waals surface area contributed by atoms with Crippen molar-refractivity contribution >= 4 is 27.3 Å². The van der Waals surface area contributed by atoms with Crippen molar-refractivity contribution < 1.29 is 18.3 Å². The highest BCUT2D eigenvalue weighted by Crippen LogP contribution is 2.31. The molecule has 1 fully saturated rings. The highest BCUT2D eigenvalue weighted by Gasteiger charge is 2.38. The molecule has 0 amide bonds. The number of rotatable bonds is 3. The molecule has 0 saturated carbocycles. The Bertz CT molecular complexity index is 556. The van der Waals surface area contributed by atoms with Crippen molar-refractivity contribution in [3.63, 3.8) is 0 Å². The SMILES string of the molecule is CC1CN(S(=O)(=O)c2scnc2C(=O)O)CC1C. The highest BCUT2D eigenvalue weighted by atomic mass is 32.2. The molecule has 0 spiro atoms. The predicted octanol–water partition coefficient (Wildman–Crippen LogP) is 1.12. The normalized spacial score (nSPS) is 25.4. The number of aromatic carboxylic acids is 1. The van der Waals surface area contributed by atoms with Crippen molar-refractivity contribution in [2.75, 3.05) is 13.1 Å². The molecule has 6 nitrogen and oxygen atoms in total. The van der Waals surface area contributed by atoms with E-state index in [9.17, 15) is 13.2 Å². The Morgan fingerprint density at radius 3 is 2.50 bits per heavy atom. The first-order valence-electron chi connectivity index (χ1n) is 5.51. The van der Waals surface area contributed by atoms with Gasteiger partial charge >= 0.3 is 5.97 Å². The fraction of sp³-hybridized carbons (Fsp3) is 0.600. The summed E-state index contributed by atoms with van der Waals surface area (Å²) in [6.45, 7) is 4.84. The average molecular weight is 290 g/mol. The number of aromatic nitrogens is 1. The monoisotopic (exact) mass is 290 g/mol. The lowest BCUT2D eigenvalue weighted by molar-refractivity contribution is 0.0687. The molecule has 2 heterocycles. The van der Waals surface area contributed by atoms with Crippen LogP contribution in [0, 0.1) is 11.8 Å². The number of carbonyl (C=O) groups is 1. The Morgan fingerprint density at radius 1 is 1.44 bits per heavy atom. The maximum atomic E-state index is 12.3. The van der Waals surface area contributed by atoms with Crippen LogP contribution in [0.3, 0.4) is 0 Å². The molecule has 2 atom stereocenters. The number of nitrogens with zero attached hydrogens (tertiary/aromatic N) is 2. The number of thiazole rings is 1. The van der Waals surface area contributed by atoms with E-state index in [2.05, 4.69) is 4.98 Å². The van der Waals surface area contributed by atoms with Crippen LogP contribution in [0.2, 0.25) is 0 Å². The molecule has 1 N–H and O–H groups in total. The molecule has 1 aromatic heterocycles. The van der Waals surface area contributed by atoms with E-state index >= 15 is 0 Å². The summed E-state index contributed by atoms with van der Waals surface area (Å²) in [6.07, 6.45) is 0. The minimum Gasteiger partial charge on any atom is -0.476 e. The zero-order valence-electron chi connectivity index (χ0n) is 10.0. The lowest BCUT2D eigenvalue weighted by Gasteiger charge is -2.14. The summed E-state index contributed by atoms with van der Waals surface area (Å²) in [7, 11) is -3.73. The van der Waals surface area contributed by atoms with Gasteiger partial charge in [-0.05, 0) is 11.8 Å². The van der Waals surface area contributed by atoms with Crippen LogP contribution < -0.4 is 0 Å². The van der Waals surface area contributed by atoms with E-state index in [1.165, 1.54) is 9.82 Å². The van der Waals surface area contributed by atoms with Crippen LogP contribution in [0.15, 0.2) is 9.72 Å². The van der Waals surface area contributed by atoms with E-state index in [1.54, 1.807) is 0 Å². The van der Waals surface area contributed by atoms with Gasteiger partial charge in [0.1, 0.15) is 0 Å². The Hall–Kier alpha value is -0.990. The number of hydrogen-bond donors (Lipinski definition) is 1. The third kappa shape index (κ3) is 2.15. The molecule has 0 radical (unpaired) electrons. The predicted molar refractivity (Wildman–Crippen MR) is 66.2 cm³/mol. The molecular weight excluding hydrogens is 276 g/mol. The molecule has 8 heteroatoms. The molecule has 0 bridgehead atoms. The molecule has 0 aromatic carbocycles. The van der Waals surface area contributed by atoms with Crippen LogP contribution in [0.1, 0.15) is 24.3 Å². The summed E-state index contributed by atoms with van der Waals surface area (Å²) in [5, 5.41) is 8.93. The Labute approximate surface area is 109 Å². The van der Waals surface area contributed by atoms with Crippen LogP contribution in [0.4, 0.5) is 0 Å². The molecule has 2 unspecified atom stereocenters. The number of sulfonamides is 1. The lowest BCUT2D eigenvalue weighted by atomic mass is 10.0. The van der Waals surface area contributed by atoms with E-state index in [0.717, 1.165) is 11.3 Å². The largest absolute Gasteiger partial charge is 0.476 e. The van der Waals surface area contributed by atoms with Gasteiger partial charge in [-0.1, -0.05) is 13.8 Å². The first kappa shape index (κ1) is 13.4. The summed E-state index contributed by atoms with van der Waals surface area (Å²) < 4.78 is 25.9. The zero-order chi connectivity index (χ0) is 13.5. The third-order valence-corrected chi connectivity index (χ3v) is 6.44. The van der Waals surface area contributed by atoms with Gasteiger partial charge in [0.05, 0.1) is 5.51 Å². The van der Waals surface area contributed by atoms with Gasteiger partial charge in [0.15, 0.2) is 9.90 Å². The topological polar surface area (TPSA) is 87.6 Å². The minimum atomic E-state index is -3.73. The fourth-order valence-corrected chi connectivity index (χ4v) is 4.87. The molecule has 2 rings (SSSR count). The quantitative estimate of drug-likeness (QED) is 0.901. The number of hydrogen-bond acceptors (Lipinski definition) is 5. The van der Waals surface area contributed by atoms with Crippen LogP contribution in [0.5, 0.6) is 0 Å². The lowest BCUT2D eigenvalue weighted by Crippen LogP contribution is -2.29. The van der Waals surface area contributed by atoms with E-state index in [4.69, 9.17) is 5.11 Å². The molecular formula is C10H14N2O4S2. The molecule has 1 aromatic rings. The van der Waals surface area contributed by atoms with E-state index in [0.29, 0.717) is 13.1 Å². The van der Waals surface area contributed by atoms with E-state index in [1.807, 2.05) is 13.8 Å². The summed E-state index contributed by atoms with van der Waals surface area (Å²) in [4.78, 5) is 14.5. The maximum absolute atomic E-state index is 12.3. The Kier molecular flexibility index (Phi) is 3.43. The van der Waals surface area contributed by atoms with Gasteiger partial charge in [0, 0.05) is 13.1 Å². The fourth-order valence-electron chi connectivity index (χ4n) is 1.95. The first-order valence-corrected chi connectivity index (χ1v) is 7.83. The van der Waals surface area contributed by atoms with Crippen LogP contribution in [0.25, 0.3) is 0 Å². The Morgan fingerprint density at radius 2 is 2.00 bits per heavy atom. The van der Waals surface area contributed by atoms with Gasteiger partial charge in [0.2, 0.25) is 0 Å². The molecule has 1 aliphatic rings. The van der Waals surface area contributed by atoms with Gasteiger partial charge in [0.25, 0.3) is 10.0 Å². The Balaban J connectivity index is 2.38. The van der Waals surface area contributed by atoms with Gasteiger partial charge in [-0.15, -0.1) is 11.3 Å². The van der Waals surface area contributed by atoms with Gasteiger partial charge < -0.3 is 5.11 Å². The zero-order valence-corrected chi connectivity index (χ0v) is 11.7. The van der Waals surface area contributed by atoms with E-state index < -0.39 is 16.0 Å². The molecule has 18 heavy (non-hydrogen) atoms. The standard InChI is InChI=1S/C10H14N2O4S2/c1-6-3-12(4-7(6)2)18(15,16)10-8(9(13)14)11-5-17-10/h5-7H,3-4H2,1-2H3,(H,13,14). The van der Waals surface area contributed by atoms with Crippen LogP contribution in [-0.4, -0.2) is 41.9 Å². The van der Waals surface area contributed by atoms with Crippen molar-refractivity contribution in [2.24, 2.45) is 11.8 Å². The van der Waals surface area contributed by atoms with Gasteiger partial charge in [-0.2, -0.15) is 4.31 Å². The molecule has 1 aliphatic heterocycles. The minimum absolute atomic E-state index is 0.170. The first-order chi connectivity index (χ1) is 8.34. The number of carboxylic acids is 1. The number of carboxylic acid groups (broad SMARTS) is 1. The van der Waals surface area contributed by atoms with Crippen molar-refractivity contribution in [3.8, 4) is 0 Å². The second-order valence-corrected chi connectivity index (χ2v) is 7.56. The average Bonchev–Trinajstić information content (AvgIpc) is 2.87. The van der Waals surface area contributed by atoms with Gasteiger partial charge in [-0.25, -0.2) is 18.2 Å². The second-order valence-electron chi connectivity index (χ2n) is 4.57. The highest BCUT2D eigenvalue weighted by molar-refractivity contribution is 7.91. The molecule has 0 aliphatic carbocycles.